The van der Waals surface area contributed by atoms with Crippen molar-refractivity contribution in [1.82, 2.24) is 19.6 Å². The highest BCUT2D eigenvalue weighted by Gasteiger charge is 2.23. The van der Waals surface area contributed by atoms with E-state index >= 15 is 0 Å². The van der Waals surface area contributed by atoms with Gasteiger partial charge in [0.15, 0.2) is 0 Å². The van der Waals surface area contributed by atoms with Crippen LogP contribution in [0.4, 0.5) is 0 Å². The highest BCUT2D eigenvalue weighted by molar-refractivity contribution is 6.34. The highest BCUT2D eigenvalue weighted by atomic mass is 16.5. The molecule has 0 spiro atoms. The molecule has 0 radical (unpaired) electrons. The number of ether oxygens (including phenoxy) is 2. The summed E-state index contributed by atoms with van der Waals surface area (Å²) < 4.78 is 10.2. The monoisotopic (exact) mass is 630 g/mol. The zero-order valence-electron chi connectivity index (χ0n) is 28.4. The summed E-state index contributed by atoms with van der Waals surface area (Å²) in [6.45, 7) is 13.0. The summed E-state index contributed by atoms with van der Waals surface area (Å²) in [5.74, 6) is 0.467. The minimum absolute atomic E-state index is 0. The Morgan fingerprint density at radius 1 is 0.822 bits per heavy atom. The summed E-state index contributed by atoms with van der Waals surface area (Å²) in [5.41, 5.74) is 1.29. The summed E-state index contributed by atoms with van der Waals surface area (Å²) in [6, 6.07) is 0. The van der Waals surface area contributed by atoms with Gasteiger partial charge in [0, 0.05) is 46.9 Å². The second kappa shape index (κ2) is 25.2. The minimum Gasteiger partial charge on any atom is -0.377 e. The maximum Gasteiger partial charge on any atom is 0.312 e. The van der Waals surface area contributed by atoms with Gasteiger partial charge < -0.3 is 29.1 Å². The number of hydrogen-bond acceptors (Lipinski definition) is 6. The van der Waals surface area contributed by atoms with Crippen LogP contribution in [-0.4, -0.2) is 125 Å². The number of carbonyl (C=O) groups is 3. The molecule has 3 amide bonds. The van der Waals surface area contributed by atoms with Crippen LogP contribution < -0.4 is 0 Å². The fourth-order valence-electron chi connectivity index (χ4n) is 4.31. The highest BCUT2D eigenvalue weighted by Crippen LogP contribution is 2.11. The van der Waals surface area contributed by atoms with Gasteiger partial charge in [0.25, 0.3) is 0 Å². The lowest BCUT2D eigenvalue weighted by Gasteiger charge is -2.22. The number of nitrogens with zero attached hydrogens (tertiary/aromatic N) is 4. The first-order chi connectivity index (χ1) is 21.0. The summed E-state index contributed by atoms with van der Waals surface area (Å²) in [4.78, 5) is 41.6. The molecule has 0 bridgehead atoms. The normalized spacial score (nSPS) is 20.9. The maximum atomic E-state index is 11.7. The first-order valence-electron chi connectivity index (χ1n) is 15.9. The standard InChI is InChI=1S/C11H18N2O2.C11H20N2O.C7H10O.C6H10O.CH4/c1-9-5-4-7-13(8-6-9)11(15)10(14)12(2)3;1-10-5-4-7-13(8-6-10)11(14)9-12(2)3;1-7-3-2-5-8-6-4-7;1-2-4-6-7-5-3-1;/h4-5,9H,6-8H2,1-3H3;4-5,10H,6-9H2,1-3H3;2-4H,5-6H2,1H3;1,3H,2,4-6H2;1H4. The molecule has 4 rings (SSSR count). The summed E-state index contributed by atoms with van der Waals surface area (Å²) in [6.07, 6.45) is 23.2. The van der Waals surface area contributed by atoms with Crippen molar-refractivity contribution < 1.29 is 23.9 Å². The van der Waals surface area contributed by atoms with Gasteiger partial charge >= 0.3 is 11.8 Å². The molecule has 45 heavy (non-hydrogen) atoms. The van der Waals surface area contributed by atoms with E-state index < -0.39 is 11.8 Å². The molecule has 0 aromatic carbocycles. The Kier molecular flexibility index (Phi) is 23.5. The second-order valence-corrected chi connectivity index (χ2v) is 12.0. The third-order valence-corrected chi connectivity index (χ3v) is 7.13. The fourth-order valence-corrected chi connectivity index (χ4v) is 4.31. The van der Waals surface area contributed by atoms with E-state index in [1.54, 1.807) is 19.0 Å². The lowest BCUT2D eigenvalue weighted by molar-refractivity contribution is -0.150. The van der Waals surface area contributed by atoms with Gasteiger partial charge in [0.2, 0.25) is 5.91 Å². The van der Waals surface area contributed by atoms with Crippen molar-refractivity contribution >= 4 is 17.7 Å². The Morgan fingerprint density at radius 3 is 2.04 bits per heavy atom. The number of likely N-dealkylation sites (N-methyl/N-ethyl adjacent to an activating group) is 2. The third kappa shape index (κ3) is 20.6. The molecule has 0 aromatic heterocycles. The number of amides is 3. The molecule has 0 aliphatic carbocycles. The Balaban J connectivity index is 0.000000595. The van der Waals surface area contributed by atoms with Crippen LogP contribution in [0.1, 0.15) is 53.9 Å². The molecule has 4 aliphatic rings. The summed E-state index contributed by atoms with van der Waals surface area (Å²) >= 11 is 0. The molecule has 2 unspecified atom stereocenters. The number of hydrogen-bond donors (Lipinski definition) is 0. The van der Waals surface area contributed by atoms with Gasteiger partial charge in [0.05, 0.1) is 26.4 Å². The van der Waals surface area contributed by atoms with Crippen molar-refractivity contribution in [2.75, 3.05) is 87.3 Å². The molecule has 4 aliphatic heterocycles. The van der Waals surface area contributed by atoms with E-state index in [9.17, 15) is 14.4 Å². The van der Waals surface area contributed by atoms with E-state index in [4.69, 9.17) is 9.47 Å². The van der Waals surface area contributed by atoms with Crippen LogP contribution in [0.15, 0.2) is 60.3 Å². The molecular weight excluding hydrogens is 568 g/mol. The molecule has 0 aromatic rings. The first kappa shape index (κ1) is 42.0. The Morgan fingerprint density at radius 2 is 1.42 bits per heavy atom. The molecule has 0 N–H and O–H groups in total. The minimum atomic E-state index is -0.446. The van der Waals surface area contributed by atoms with Gasteiger partial charge in [-0.3, -0.25) is 14.4 Å². The zero-order chi connectivity index (χ0) is 32.7. The molecule has 2 atom stereocenters. The van der Waals surface area contributed by atoms with E-state index in [1.807, 2.05) is 36.0 Å². The Hall–Kier alpha value is -3.01. The Labute approximate surface area is 274 Å². The van der Waals surface area contributed by atoms with Gasteiger partial charge in [-0.25, -0.2) is 0 Å². The lowest BCUT2D eigenvalue weighted by Crippen LogP contribution is -2.42. The van der Waals surface area contributed by atoms with E-state index in [1.165, 1.54) is 23.3 Å². The van der Waals surface area contributed by atoms with Crippen LogP contribution in [0.2, 0.25) is 0 Å². The van der Waals surface area contributed by atoms with Gasteiger partial charge in [-0.05, 0) is 58.5 Å². The van der Waals surface area contributed by atoms with E-state index in [0.29, 0.717) is 31.5 Å². The van der Waals surface area contributed by atoms with Crippen LogP contribution >= 0.6 is 0 Å². The van der Waals surface area contributed by atoms with Crippen LogP contribution in [0.5, 0.6) is 0 Å². The quantitative estimate of drug-likeness (QED) is 0.316. The van der Waals surface area contributed by atoms with Crippen LogP contribution in [0, 0.1) is 11.8 Å². The lowest BCUT2D eigenvalue weighted by atomic mass is 10.1. The second-order valence-electron chi connectivity index (χ2n) is 12.0. The molecular formula is C36H62N4O5. The molecule has 9 nitrogen and oxygen atoms in total. The topological polar surface area (TPSA) is 82.6 Å². The van der Waals surface area contributed by atoms with Gasteiger partial charge in [-0.15, -0.1) is 0 Å². The van der Waals surface area contributed by atoms with Gasteiger partial charge in [-0.2, -0.15) is 0 Å². The average Bonchev–Trinajstić information content (AvgIpc) is 3.57. The zero-order valence-corrected chi connectivity index (χ0v) is 28.4. The van der Waals surface area contributed by atoms with Gasteiger partial charge in [0.1, 0.15) is 0 Å². The van der Waals surface area contributed by atoms with Gasteiger partial charge in [-0.1, -0.05) is 81.5 Å². The van der Waals surface area contributed by atoms with Crippen molar-refractivity contribution in [3.05, 3.63) is 60.3 Å². The summed E-state index contributed by atoms with van der Waals surface area (Å²) in [7, 11) is 7.04. The molecule has 0 saturated heterocycles. The van der Waals surface area contributed by atoms with Crippen molar-refractivity contribution in [3.63, 3.8) is 0 Å². The van der Waals surface area contributed by atoms with Crippen LogP contribution in [0.25, 0.3) is 0 Å². The third-order valence-electron chi connectivity index (χ3n) is 7.13. The predicted molar refractivity (Wildman–Crippen MR) is 186 cm³/mol. The molecule has 256 valence electrons. The maximum absolute atomic E-state index is 11.7. The average molecular weight is 631 g/mol. The van der Waals surface area contributed by atoms with Crippen molar-refractivity contribution in [1.29, 1.82) is 0 Å². The molecule has 0 saturated carbocycles. The largest absolute Gasteiger partial charge is 0.377 e. The van der Waals surface area contributed by atoms with Crippen molar-refractivity contribution in [2.24, 2.45) is 11.8 Å². The fraction of sp³-hybridized carbons (Fsp3) is 0.639. The molecule has 4 heterocycles. The molecule has 9 heteroatoms. The van der Waals surface area contributed by atoms with Crippen molar-refractivity contribution in [2.45, 2.75) is 53.9 Å². The predicted octanol–water partition coefficient (Wildman–Crippen LogP) is 4.98. The molecule has 0 fully saturated rings. The smallest absolute Gasteiger partial charge is 0.312 e. The van der Waals surface area contributed by atoms with Crippen molar-refractivity contribution in [3.8, 4) is 0 Å². The first-order valence-corrected chi connectivity index (χ1v) is 15.9. The van der Waals surface area contributed by atoms with E-state index in [-0.39, 0.29) is 13.3 Å². The SMILES string of the molecule is C.C1=CCOCCC1.CC1=CCOCC=C1.CC1C=CCN(C(=O)C(=O)N(C)C)CC1.CC1C=CCN(C(=O)CN(C)C)CC1. The van der Waals surface area contributed by atoms with Crippen LogP contribution in [-0.2, 0) is 23.9 Å². The summed E-state index contributed by atoms with van der Waals surface area (Å²) in [5, 5.41) is 0. The number of allylic oxidation sites excluding steroid dienone is 5. The number of rotatable bonds is 2. The number of carbonyl (C=O) groups excluding carboxylic acids is 3. The van der Waals surface area contributed by atoms with Crippen LogP contribution in [0.3, 0.4) is 0 Å². The Bertz CT molecular complexity index is 991. The van der Waals surface area contributed by atoms with E-state index in [0.717, 1.165) is 52.4 Å². The van der Waals surface area contributed by atoms with E-state index in [2.05, 4.69) is 63.3 Å².